The Kier molecular flexibility index (Phi) is 8.41. The van der Waals surface area contributed by atoms with Gasteiger partial charge in [0, 0.05) is 18.9 Å². The maximum absolute atomic E-state index is 12.5. The van der Waals surface area contributed by atoms with Crippen molar-refractivity contribution in [3.63, 3.8) is 0 Å². The van der Waals surface area contributed by atoms with Gasteiger partial charge in [-0.25, -0.2) is 9.59 Å². The van der Waals surface area contributed by atoms with Gasteiger partial charge in [-0.3, -0.25) is 5.32 Å². The average molecular weight is 410 g/mol. The third-order valence-electron chi connectivity index (χ3n) is 4.23. The number of aromatic hydroxyl groups is 1. The average Bonchev–Trinajstić information content (AvgIpc) is 2.73. The monoisotopic (exact) mass is 410 g/mol. The summed E-state index contributed by atoms with van der Waals surface area (Å²) in [6, 6.07) is 14.5. The number of carboxylic acid groups (broad SMARTS) is 1. The van der Waals surface area contributed by atoms with Crippen LogP contribution in [0, 0.1) is 11.3 Å². The van der Waals surface area contributed by atoms with Crippen LogP contribution in [0.2, 0.25) is 0 Å². The molecule has 0 aliphatic carbocycles. The number of nitrogens with zero attached hydrogens (tertiary/aromatic N) is 1. The van der Waals surface area contributed by atoms with Crippen LogP contribution in [-0.2, 0) is 14.3 Å². The maximum Gasteiger partial charge on any atom is 0.412 e. The van der Waals surface area contributed by atoms with Crippen molar-refractivity contribution in [2.75, 3.05) is 12.4 Å². The molecule has 8 heteroatoms. The molecule has 0 radical (unpaired) electrons. The molecule has 0 saturated carbocycles. The van der Waals surface area contributed by atoms with E-state index in [-0.39, 0.29) is 5.75 Å². The Morgan fingerprint density at radius 1 is 1.17 bits per heavy atom. The number of methoxy groups -OCH3 is 1. The van der Waals surface area contributed by atoms with Crippen molar-refractivity contribution in [2.24, 2.45) is 0 Å². The first kappa shape index (κ1) is 22.5. The number of hydrogen-bond donors (Lipinski definition) is 3. The zero-order chi connectivity index (χ0) is 21.9. The lowest BCUT2D eigenvalue weighted by atomic mass is 10.00. The topological polar surface area (TPSA) is 129 Å². The van der Waals surface area contributed by atoms with Crippen molar-refractivity contribution >= 4 is 17.7 Å². The molecule has 2 aromatic carbocycles. The number of phenols is 1. The summed E-state index contributed by atoms with van der Waals surface area (Å²) in [6.45, 7) is 0. The van der Waals surface area contributed by atoms with Gasteiger partial charge in [-0.15, -0.1) is 0 Å². The van der Waals surface area contributed by atoms with Crippen molar-refractivity contribution in [1.29, 1.82) is 5.26 Å². The fourth-order valence-electron chi connectivity index (χ4n) is 2.75. The molecule has 30 heavy (non-hydrogen) atoms. The number of allylic oxidation sites excluding steroid dienone is 1. The van der Waals surface area contributed by atoms with Crippen molar-refractivity contribution in [2.45, 2.75) is 25.0 Å². The maximum atomic E-state index is 12.5. The normalized spacial score (nSPS) is 12.7. The number of carbonyl (C=O) groups excluding carboxylic acids is 1. The molecule has 156 valence electrons. The highest BCUT2D eigenvalue weighted by atomic mass is 16.6. The summed E-state index contributed by atoms with van der Waals surface area (Å²) >= 11 is 0. The molecule has 0 aromatic heterocycles. The summed E-state index contributed by atoms with van der Waals surface area (Å²) in [4.78, 5) is 23.1. The second-order valence-electron chi connectivity index (χ2n) is 6.32. The van der Waals surface area contributed by atoms with Gasteiger partial charge in [0.05, 0.1) is 17.7 Å². The summed E-state index contributed by atoms with van der Waals surface area (Å²) < 4.78 is 11.1. The number of ether oxygens (including phenoxy) is 2. The lowest BCUT2D eigenvalue weighted by Crippen LogP contribution is -2.28. The van der Waals surface area contributed by atoms with Gasteiger partial charge in [0.15, 0.2) is 6.10 Å². The first-order valence-corrected chi connectivity index (χ1v) is 9.12. The quantitative estimate of drug-likeness (QED) is 0.533. The number of carbonyl (C=O) groups is 2. The van der Waals surface area contributed by atoms with Crippen LogP contribution in [0.4, 0.5) is 10.5 Å². The van der Waals surface area contributed by atoms with Crippen molar-refractivity contribution in [3.05, 3.63) is 71.8 Å². The summed E-state index contributed by atoms with van der Waals surface area (Å²) in [6.07, 6.45) is 1.27. The van der Waals surface area contributed by atoms with Gasteiger partial charge in [-0.1, -0.05) is 18.2 Å². The molecule has 3 N–H and O–H groups in total. The summed E-state index contributed by atoms with van der Waals surface area (Å²) in [5.74, 6) is -0.977. The van der Waals surface area contributed by atoms with Crippen LogP contribution in [0.3, 0.4) is 0 Å². The highest BCUT2D eigenvalue weighted by Gasteiger charge is 2.27. The smallest absolute Gasteiger partial charge is 0.412 e. The van der Waals surface area contributed by atoms with E-state index in [1.807, 2.05) is 6.07 Å². The number of anilines is 1. The van der Waals surface area contributed by atoms with Crippen LogP contribution in [0.1, 0.15) is 30.1 Å². The van der Waals surface area contributed by atoms with Gasteiger partial charge in [0.1, 0.15) is 5.75 Å². The minimum absolute atomic E-state index is 0.0675. The summed E-state index contributed by atoms with van der Waals surface area (Å²) in [5.41, 5.74) is 1.53. The van der Waals surface area contributed by atoms with Crippen molar-refractivity contribution in [3.8, 4) is 11.8 Å². The molecular formula is C22H22N2O6. The van der Waals surface area contributed by atoms with Crippen LogP contribution in [0.25, 0.3) is 0 Å². The molecule has 0 heterocycles. The minimum Gasteiger partial charge on any atom is -0.508 e. The lowest BCUT2D eigenvalue weighted by Gasteiger charge is -2.26. The van der Waals surface area contributed by atoms with Gasteiger partial charge in [0.25, 0.3) is 0 Å². The molecule has 0 fully saturated rings. The van der Waals surface area contributed by atoms with Crippen LogP contribution >= 0.6 is 0 Å². The highest BCUT2D eigenvalue weighted by molar-refractivity contribution is 5.84. The van der Waals surface area contributed by atoms with E-state index in [1.165, 1.54) is 25.3 Å². The zero-order valence-electron chi connectivity index (χ0n) is 16.3. The standard InChI is InChI=1S/C22H22N2O6/c1-29-19(4-2-3-5-20(26)27)21(16-8-12-18(25)13-9-16)30-22(28)24-17-10-6-15(14-23)7-11-17/h3,5-13,19,21,25H,2,4H2,1H3,(H,24,28)(H,26,27)/b5-3+/t19-,21-/m0/s1. The van der Waals surface area contributed by atoms with E-state index in [0.717, 1.165) is 6.08 Å². The number of benzene rings is 2. The molecule has 0 unspecified atom stereocenters. The van der Waals surface area contributed by atoms with Gasteiger partial charge in [-0.05, 0) is 54.8 Å². The van der Waals surface area contributed by atoms with Gasteiger partial charge >= 0.3 is 12.1 Å². The number of carboxylic acids is 1. The number of phenolic OH excluding ortho intramolecular Hbond substituents is 1. The van der Waals surface area contributed by atoms with Gasteiger partial charge in [0.2, 0.25) is 0 Å². The minimum atomic E-state index is -1.04. The number of aliphatic carboxylic acids is 1. The van der Waals surface area contributed by atoms with E-state index < -0.39 is 24.3 Å². The molecule has 2 aromatic rings. The zero-order valence-corrected chi connectivity index (χ0v) is 16.3. The van der Waals surface area contributed by atoms with Crippen LogP contribution in [0.15, 0.2) is 60.7 Å². The number of rotatable bonds is 9. The first-order chi connectivity index (χ1) is 14.4. The molecule has 0 bridgehead atoms. The Hall–Kier alpha value is -3.83. The predicted molar refractivity (Wildman–Crippen MR) is 109 cm³/mol. The van der Waals surface area contributed by atoms with E-state index in [9.17, 15) is 14.7 Å². The van der Waals surface area contributed by atoms with Crippen LogP contribution in [-0.4, -0.2) is 35.5 Å². The van der Waals surface area contributed by atoms with E-state index in [4.69, 9.17) is 19.8 Å². The van der Waals surface area contributed by atoms with Crippen molar-refractivity contribution in [1.82, 2.24) is 0 Å². The van der Waals surface area contributed by atoms with E-state index >= 15 is 0 Å². The SMILES string of the molecule is CO[C@@H](CC/C=C/C(=O)O)[C@@H](OC(=O)Nc1ccc(C#N)cc1)c1ccc(O)cc1. The lowest BCUT2D eigenvalue weighted by molar-refractivity contribution is -0.131. The molecule has 0 saturated heterocycles. The number of nitrogens with one attached hydrogen (secondary N) is 1. The second kappa shape index (κ2) is 11.2. The molecular weight excluding hydrogens is 388 g/mol. The third-order valence-corrected chi connectivity index (χ3v) is 4.23. The Bertz CT molecular complexity index is 916. The predicted octanol–water partition coefficient (Wildman–Crippen LogP) is 3.99. The number of nitriles is 1. The molecule has 2 rings (SSSR count). The summed E-state index contributed by atoms with van der Waals surface area (Å²) in [7, 11) is 1.47. The third kappa shape index (κ3) is 6.96. The number of amides is 1. The Balaban J connectivity index is 2.15. The van der Waals surface area contributed by atoms with E-state index in [2.05, 4.69) is 5.32 Å². The van der Waals surface area contributed by atoms with Crippen LogP contribution < -0.4 is 5.32 Å². The molecule has 0 aliphatic rings. The fraction of sp³-hybridized carbons (Fsp3) is 0.227. The molecule has 0 spiro atoms. The van der Waals surface area contributed by atoms with Gasteiger partial charge < -0.3 is 19.7 Å². The Morgan fingerprint density at radius 3 is 2.40 bits per heavy atom. The van der Waals surface area contributed by atoms with Crippen molar-refractivity contribution < 1.29 is 29.3 Å². The summed E-state index contributed by atoms with van der Waals surface area (Å²) in [5, 5.41) is 29.7. The Labute approximate surface area is 174 Å². The number of hydrogen-bond acceptors (Lipinski definition) is 6. The van der Waals surface area contributed by atoms with E-state index in [1.54, 1.807) is 36.4 Å². The molecule has 1 amide bonds. The second-order valence-corrected chi connectivity index (χ2v) is 6.32. The molecule has 0 aliphatic heterocycles. The van der Waals surface area contributed by atoms with Crippen LogP contribution in [0.5, 0.6) is 5.75 Å². The molecule has 2 atom stereocenters. The largest absolute Gasteiger partial charge is 0.508 e. The fourth-order valence-corrected chi connectivity index (χ4v) is 2.75. The highest BCUT2D eigenvalue weighted by Crippen LogP contribution is 2.28. The van der Waals surface area contributed by atoms with Gasteiger partial charge in [-0.2, -0.15) is 5.26 Å². The first-order valence-electron chi connectivity index (χ1n) is 9.12. The Morgan fingerprint density at radius 2 is 1.83 bits per heavy atom. The van der Waals surface area contributed by atoms with E-state index in [0.29, 0.717) is 29.7 Å². The molecule has 8 nitrogen and oxygen atoms in total.